The molecule has 1 aromatic carbocycles. The predicted molar refractivity (Wildman–Crippen MR) is 81.2 cm³/mol. The fraction of sp³-hybridized carbons (Fsp3) is 0.333. The maximum absolute atomic E-state index is 6.19. The Labute approximate surface area is 123 Å². The summed E-state index contributed by atoms with van der Waals surface area (Å²) in [5.74, 6) is 0.307. The molecule has 0 saturated heterocycles. The molecule has 2 aromatic rings. The van der Waals surface area contributed by atoms with Crippen molar-refractivity contribution in [1.29, 1.82) is 0 Å². The molecule has 0 bridgehead atoms. The summed E-state index contributed by atoms with van der Waals surface area (Å²) < 4.78 is 0. The summed E-state index contributed by atoms with van der Waals surface area (Å²) in [6.45, 7) is 8.43. The minimum atomic E-state index is 0.307. The molecule has 0 atom stereocenters. The first kappa shape index (κ1) is 14.4. The van der Waals surface area contributed by atoms with Gasteiger partial charge in [0.25, 0.3) is 0 Å². The predicted octanol–water partition coefficient (Wildman–Crippen LogP) is 5.02. The second kappa shape index (κ2) is 5.93. The molecule has 0 unspecified atom stereocenters. The minimum absolute atomic E-state index is 0.307. The minimum Gasteiger partial charge on any atom is -0.229 e. The van der Waals surface area contributed by atoms with Crippen LogP contribution in [0.25, 0.3) is 0 Å². The Balaban J connectivity index is 2.41. The number of rotatable bonds is 3. The van der Waals surface area contributed by atoms with Crippen LogP contribution in [0.15, 0.2) is 34.4 Å². The Morgan fingerprint density at radius 1 is 1.16 bits per heavy atom. The van der Waals surface area contributed by atoms with E-state index in [2.05, 4.69) is 55.9 Å². The van der Waals surface area contributed by atoms with Crippen molar-refractivity contribution < 1.29 is 0 Å². The van der Waals surface area contributed by atoms with Gasteiger partial charge in [0.2, 0.25) is 0 Å². The van der Waals surface area contributed by atoms with Gasteiger partial charge in [0.1, 0.15) is 16.5 Å². The van der Waals surface area contributed by atoms with Crippen molar-refractivity contribution in [1.82, 2.24) is 9.97 Å². The highest BCUT2D eigenvalue weighted by atomic mass is 35.5. The highest BCUT2D eigenvalue weighted by molar-refractivity contribution is 7.99. The van der Waals surface area contributed by atoms with E-state index in [0.717, 1.165) is 10.6 Å². The lowest BCUT2D eigenvalue weighted by Gasteiger charge is -2.13. The monoisotopic (exact) mass is 292 g/mol. The molecule has 0 radical (unpaired) electrons. The summed E-state index contributed by atoms with van der Waals surface area (Å²) in [4.78, 5) is 9.68. The molecule has 0 spiro atoms. The second-order valence-electron chi connectivity index (χ2n) is 4.91. The number of nitrogens with zero attached hydrogens (tertiary/aromatic N) is 2. The summed E-state index contributed by atoms with van der Waals surface area (Å²) in [6, 6.07) is 6.43. The number of hydrogen-bond acceptors (Lipinski definition) is 3. The number of aromatic nitrogens is 2. The van der Waals surface area contributed by atoms with Crippen LogP contribution in [0.3, 0.4) is 0 Å². The van der Waals surface area contributed by atoms with Crippen molar-refractivity contribution >= 4 is 23.4 Å². The molecule has 2 rings (SSSR count). The molecule has 2 nitrogen and oxygen atoms in total. The standard InChI is InChI=1S/C15H17ClN2S/c1-9(2)13-14(16)17-8-18-15(13)19-12-6-5-10(3)7-11(12)4/h5-9H,1-4H3. The van der Waals surface area contributed by atoms with Crippen LogP contribution >= 0.6 is 23.4 Å². The lowest BCUT2D eigenvalue weighted by molar-refractivity contribution is 0.802. The van der Waals surface area contributed by atoms with Crippen LogP contribution in [-0.4, -0.2) is 9.97 Å². The number of hydrogen-bond donors (Lipinski definition) is 0. The van der Waals surface area contributed by atoms with Crippen molar-refractivity contribution in [3.05, 3.63) is 46.4 Å². The first-order valence-electron chi connectivity index (χ1n) is 6.24. The molecular weight excluding hydrogens is 276 g/mol. The summed E-state index contributed by atoms with van der Waals surface area (Å²) in [5.41, 5.74) is 3.55. The molecule has 0 saturated carbocycles. The van der Waals surface area contributed by atoms with Gasteiger partial charge in [-0.05, 0) is 31.4 Å². The lowest BCUT2D eigenvalue weighted by atomic mass is 10.1. The molecule has 0 aliphatic carbocycles. The van der Waals surface area contributed by atoms with Crippen LogP contribution in [-0.2, 0) is 0 Å². The molecule has 0 aliphatic rings. The van der Waals surface area contributed by atoms with E-state index in [1.807, 2.05) is 0 Å². The fourth-order valence-corrected chi connectivity index (χ4v) is 3.46. The Bertz CT molecular complexity index is 597. The van der Waals surface area contributed by atoms with Crippen LogP contribution in [0.1, 0.15) is 36.5 Å². The third kappa shape index (κ3) is 3.28. The average molecular weight is 293 g/mol. The van der Waals surface area contributed by atoms with Crippen LogP contribution in [0, 0.1) is 13.8 Å². The third-order valence-corrected chi connectivity index (χ3v) is 4.41. The Morgan fingerprint density at radius 3 is 2.53 bits per heavy atom. The molecular formula is C15H17ClN2S. The third-order valence-electron chi connectivity index (χ3n) is 2.91. The molecule has 1 heterocycles. The highest BCUT2D eigenvalue weighted by Gasteiger charge is 2.15. The zero-order valence-electron chi connectivity index (χ0n) is 11.6. The van der Waals surface area contributed by atoms with E-state index < -0.39 is 0 Å². The van der Waals surface area contributed by atoms with Crippen LogP contribution in [0.2, 0.25) is 5.15 Å². The number of benzene rings is 1. The maximum atomic E-state index is 6.19. The molecule has 100 valence electrons. The van der Waals surface area contributed by atoms with Gasteiger partial charge in [-0.1, -0.05) is 54.9 Å². The molecule has 0 amide bonds. The van der Waals surface area contributed by atoms with Crippen LogP contribution < -0.4 is 0 Å². The van der Waals surface area contributed by atoms with Gasteiger partial charge in [0.15, 0.2) is 0 Å². The summed E-state index contributed by atoms with van der Waals surface area (Å²) in [5, 5.41) is 1.50. The molecule has 19 heavy (non-hydrogen) atoms. The van der Waals surface area contributed by atoms with Crippen LogP contribution in [0.5, 0.6) is 0 Å². The Morgan fingerprint density at radius 2 is 1.89 bits per heavy atom. The van der Waals surface area contributed by atoms with Gasteiger partial charge in [-0.2, -0.15) is 0 Å². The molecule has 0 N–H and O–H groups in total. The van der Waals surface area contributed by atoms with Gasteiger partial charge < -0.3 is 0 Å². The van der Waals surface area contributed by atoms with Gasteiger partial charge >= 0.3 is 0 Å². The summed E-state index contributed by atoms with van der Waals surface area (Å²) in [7, 11) is 0. The van der Waals surface area contributed by atoms with E-state index in [9.17, 15) is 0 Å². The number of halogens is 1. The van der Waals surface area contributed by atoms with Gasteiger partial charge in [0.05, 0.1) is 0 Å². The topological polar surface area (TPSA) is 25.8 Å². The molecule has 1 aromatic heterocycles. The smallest absolute Gasteiger partial charge is 0.137 e. The summed E-state index contributed by atoms with van der Waals surface area (Å²) in [6.07, 6.45) is 1.53. The van der Waals surface area contributed by atoms with Crippen molar-refractivity contribution in [3.8, 4) is 0 Å². The first-order chi connectivity index (χ1) is 8.99. The van der Waals surface area contributed by atoms with Gasteiger partial charge in [-0.25, -0.2) is 9.97 Å². The van der Waals surface area contributed by atoms with Crippen molar-refractivity contribution in [3.63, 3.8) is 0 Å². The van der Waals surface area contributed by atoms with E-state index >= 15 is 0 Å². The van der Waals surface area contributed by atoms with E-state index in [0.29, 0.717) is 11.1 Å². The lowest BCUT2D eigenvalue weighted by Crippen LogP contribution is -1.98. The van der Waals surface area contributed by atoms with E-state index in [1.54, 1.807) is 11.8 Å². The largest absolute Gasteiger partial charge is 0.229 e. The van der Waals surface area contributed by atoms with Crippen molar-refractivity contribution in [2.24, 2.45) is 0 Å². The van der Waals surface area contributed by atoms with Crippen molar-refractivity contribution in [2.45, 2.75) is 43.5 Å². The van der Waals surface area contributed by atoms with E-state index in [-0.39, 0.29) is 0 Å². The van der Waals surface area contributed by atoms with Crippen LogP contribution in [0.4, 0.5) is 0 Å². The molecule has 0 fully saturated rings. The Kier molecular flexibility index (Phi) is 4.48. The average Bonchev–Trinajstić information content (AvgIpc) is 2.32. The number of aryl methyl sites for hydroxylation is 2. The normalized spacial score (nSPS) is 11.1. The second-order valence-corrected chi connectivity index (χ2v) is 6.30. The van der Waals surface area contributed by atoms with Gasteiger partial charge in [0, 0.05) is 10.5 Å². The fourth-order valence-electron chi connectivity index (χ4n) is 1.94. The zero-order valence-corrected chi connectivity index (χ0v) is 13.1. The van der Waals surface area contributed by atoms with Crippen molar-refractivity contribution in [2.75, 3.05) is 0 Å². The first-order valence-corrected chi connectivity index (χ1v) is 7.44. The Hall–Kier alpha value is -1.06. The maximum Gasteiger partial charge on any atom is 0.137 e. The van der Waals surface area contributed by atoms with Gasteiger partial charge in [-0.3, -0.25) is 0 Å². The van der Waals surface area contributed by atoms with E-state index in [4.69, 9.17) is 11.6 Å². The zero-order chi connectivity index (χ0) is 14.0. The summed E-state index contributed by atoms with van der Waals surface area (Å²) >= 11 is 7.85. The van der Waals surface area contributed by atoms with Gasteiger partial charge in [-0.15, -0.1) is 0 Å². The molecule has 0 aliphatic heterocycles. The SMILES string of the molecule is Cc1ccc(Sc2ncnc(Cl)c2C(C)C)c(C)c1. The highest BCUT2D eigenvalue weighted by Crippen LogP contribution is 2.36. The molecule has 4 heteroatoms. The van der Waals surface area contributed by atoms with E-state index in [1.165, 1.54) is 22.3 Å². The quantitative estimate of drug-likeness (QED) is 0.743.